The highest BCUT2D eigenvalue weighted by molar-refractivity contribution is 6.05. The Morgan fingerprint density at radius 2 is 1.66 bits per heavy atom. The van der Waals surface area contributed by atoms with Gasteiger partial charge in [0.05, 0.1) is 17.1 Å². The van der Waals surface area contributed by atoms with Gasteiger partial charge in [-0.2, -0.15) is 0 Å². The molecule has 3 aromatic carbocycles. The first-order chi connectivity index (χ1) is 22.8. The fraction of sp³-hybridized carbons (Fsp3) is 0.139. The first-order valence-corrected chi connectivity index (χ1v) is 15.1. The van der Waals surface area contributed by atoms with E-state index in [1.807, 2.05) is 51.9 Å². The van der Waals surface area contributed by atoms with Gasteiger partial charge in [0.25, 0.3) is 5.91 Å². The molecular weight excluding hydrogens is 600 g/mol. The smallest absolute Gasteiger partial charge is 0.261 e. The average Bonchev–Trinajstić information content (AvgIpc) is 3.72. The second kappa shape index (κ2) is 12.4. The molecule has 1 aliphatic heterocycles. The number of amides is 2. The molecule has 0 aliphatic carbocycles. The Morgan fingerprint density at radius 3 is 2.47 bits per heavy atom. The predicted octanol–water partition coefficient (Wildman–Crippen LogP) is 7.07. The number of halogens is 2. The number of carbonyl (C=O) groups is 2. The Morgan fingerprint density at radius 1 is 0.872 bits per heavy atom. The first kappa shape index (κ1) is 29.7. The van der Waals surface area contributed by atoms with Crippen LogP contribution >= 0.6 is 0 Å². The number of likely N-dealkylation sites (tertiary alicyclic amines) is 1. The SMILES string of the molecule is CC(=O)N1CCC(c2cccc(Nc3nccc(-c4c(-c5cccc(NC(=O)c6c(F)cccc6F)c5)nc5ccccn45)n3)c2)C1. The number of nitrogens with zero attached hydrogens (tertiary/aromatic N) is 5. The van der Waals surface area contributed by atoms with Crippen molar-refractivity contribution in [1.29, 1.82) is 0 Å². The second-order valence-electron chi connectivity index (χ2n) is 11.3. The average molecular weight is 630 g/mol. The lowest BCUT2D eigenvalue weighted by Crippen LogP contribution is -2.25. The normalized spacial score (nSPS) is 14.4. The molecule has 0 bridgehead atoms. The van der Waals surface area contributed by atoms with E-state index in [4.69, 9.17) is 9.97 Å². The first-order valence-electron chi connectivity index (χ1n) is 15.1. The van der Waals surface area contributed by atoms with E-state index in [9.17, 15) is 18.4 Å². The topological polar surface area (TPSA) is 105 Å². The van der Waals surface area contributed by atoms with Gasteiger partial charge in [0.15, 0.2) is 0 Å². The number of hydrogen-bond donors (Lipinski definition) is 2. The Bertz CT molecular complexity index is 2130. The minimum Gasteiger partial charge on any atom is -0.342 e. The molecule has 1 fully saturated rings. The maximum atomic E-state index is 14.3. The molecule has 4 heterocycles. The summed E-state index contributed by atoms with van der Waals surface area (Å²) in [6, 6.07) is 25.7. The van der Waals surface area contributed by atoms with Crippen molar-refractivity contribution in [2.45, 2.75) is 19.3 Å². The highest BCUT2D eigenvalue weighted by atomic mass is 19.1. The lowest BCUT2D eigenvalue weighted by molar-refractivity contribution is -0.127. The maximum Gasteiger partial charge on any atom is 0.261 e. The number of carbonyl (C=O) groups excluding carboxylic acids is 2. The molecule has 1 atom stereocenters. The zero-order chi connectivity index (χ0) is 32.5. The number of anilines is 3. The van der Waals surface area contributed by atoms with Crippen LogP contribution in [0.1, 0.15) is 35.2 Å². The quantitative estimate of drug-likeness (QED) is 0.196. The summed E-state index contributed by atoms with van der Waals surface area (Å²) in [7, 11) is 0. The third-order valence-electron chi connectivity index (χ3n) is 8.26. The number of hydrogen-bond acceptors (Lipinski definition) is 6. The van der Waals surface area contributed by atoms with Crippen LogP contribution in [0.3, 0.4) is 0 Å². The Balaban J connectivity index is 1.20. The Labute approximate surface area is 268 Å². The van der Waals surface area contributed by atoms with Crippen LogP contribution in [0.25, 0.3) is 28.3 Å². The van der Waals surface area contributed by atoms with Crippen molar-refractivity contribution < 1.29 is 18.4 Å². The van der Waals surface area contributed by atoms with Gasteiger partial charge in [-0.25, -0.2) is 23.7 Å². The van der Waals surface area contributed by atoms with Crippen LogP contribution in [0, 0.1) is 11.6 Å². The van der Waals surface area contributed by atoms with Crippen LogP contribution in [-0.2, 0) is 4.79 Å². The molecule has 1 saturated heterocycles. The summed E-state index contributed by atoms with van der Waals surface area (Å²) in [6.07, 6.45) is 4.47. The zero-order valence-corrected chi connectivity index (χ0v) is 25.3. The van der Waals surface area contributed by atoms with E-state index < -0.39 is 23.1 Å². The molecule has 0 saturated carbocycles. The minimum absolute atomic E-state index is 0.0909. The third-order valence-corrected chi connectivity index (χ3v) is 8.26. The van der Waals surface area contributed by atoms with Gasteiger partial charge < -0.3 is 15.5 Å². The van der Waals surface area contributed by atoms with E-state index >= 15 is 0 Å². The largest absolute Gasteiger partial charge is 0.342 e. The van der Waals surface area contributed by atoms with Crippen molar-refractivity contribution in [3.63, 3.8) is 0 Å². The van der Waals surface area contributed by atoms with Gasteiger partial charge in [0.1, 0.15) is 22.8 Å². The molecule has 0 spiro atoms. The van der Waals surface area contributed by atoms with Gasteiger partial charge in [-0.15, -0.1) is 0 Å². The summed E-state index contributed by atoms with van der Waals surface area (Å²) in [5.41, 5.74) is 4.88. The molecule has 3 aromatic heterocycles. The van der Waals surface area contributed by atoms with Crippen molar-refractivity contribution >= 4 is 34.8 Å². The fourth-order valence-electron chi connectivity index (χ4n) is 5.96. The number of nitrogens with one attached hydrogen (secondary N) is 2. The summed E-state index contributed by atoms with van der Waals surface area (Å²) in [5, 5.41) is 5.93. The third kappa shape index (κ3) is 6.02. The second-order valence-corrected chi connectivity index (χ2v) is 11.3. The van der Waals surface area contributed by atoms with Gasteiger partial charge in [0, 0.05) is 55.3 Å². The molecule has 0 radical (unpaired) electrons. The molecule has 9 nitrogen and oxygen atoms in total. The number of rotatable bonds is 7. The van der Waals surface area contributed by atoms with Crippen LogP contribution < -0.4 is 10.6 Å². The highest BCUT2D eigenvalue weighted by Crippen LogP contribution is 2.34. The number of pyridine rings is 1. The fourth-order valence-corrected chi connectivity index (χ4v) is 5.96. The summed E-state index contributed by atoms with van der Waals surface area (Å²) in [4.78, 5) is 40.7. The van der Waals surface area contributed by atoms with Crippen molar-refractivity contribution in [2.75, 3.05) is 23.7 Å². The number of fused-ring (bicyclic) bond motifs is 1. The van der Waals surface area contributed by atoms with Crippen LogP contribution in [0.15, 0.2) is 103 Å². The molecular formula is C36H29F2N7O2. The maximum absolute atomic E-state index is 14.3. The number of benzene rings is 3. The Hall–Kier alpha value is -5.97. The lowest BCUT2D eigenvalue weighted by Gasteiger charge is -2.15. The predicted molar refractivity (Wildman–Crippen MR) is 175 cm³/mol. The van der Waals surface area contributed by atoms with Gasteiger partial charge in [-0.1, -0.05) is 36.4 Å². The Kier molecular flexibility index (Phi) is 7.86. The van der Waals surface area contributed by atoms with Gasteiger partial charge in [-0.3, -0.25) is 14.0 Å². The van der Waals surface area contributed by atoms with Crippen LogP contribution in [0.2, 0.25) is 0 Å². The van der Waals surface area contributed by atoms with Crippen LogP contribution in [-0.4, -0.2) is 49.2 Å². The molecule has 7 rings (SSSR count). The summed E-state index contributed by atoms with van der Waals surface area (Å²) in [5.74, 6) is -2.04. The number of aromatic nitrogens is 4. The minimum atomic E-state index is -0.945. The van der Waals surface area contributed by atoms with Crippen LogP contribution in [0.5, 0.6) is 0 Å². The summed E-state index contributed by atoms with van der Waals surface area (Å²) in [6.45, 7) is 3.06. The van der Waals surface area contributed by atoms with E-state index in [-0.39, 0.29) is 11.8 Å². The monoisotopic (exact) mass is 629 g/mol. The lowest BCUT2D eigenvalue weighted by atomic mass is 9.98. The van der Waals surface area contributed by atoms with E-state index in [2.05, 4.69) is 27.8 Å². The summed E-state index contributed by atoms with van der Waals surface area (Å²) < 4.78 is 30.4. The van der Waals surface area contributed by atoms with E-state index in [0.717, 1.165) is 36.3 Å². The molecule has 2 amide bonds. The van der Waals surface area contributed by atoms with Gasteiger partial charge in [0.2, 0.25) is 11.9 Å². The molecule has 1 unspecified atom stereocenters. The standard InChI is InChI=1S/C36H29F2N7O2/c1-22(46)44-18-15-25(21-44)23-7-4-10-27(19-23)41-36-39-16-14-30(42-36)34-33(43-31-13-2-3-17-45(31)34)24-8-5-9-26(20-24)40-35(47)32-28(37)11-6-12-29(32)38/h2-14,16-17,19-20,25H,15,18,21H2,1H3,(H,40,47)(H,39,41,42). The highest BCUT2D eigenvalue weighted by Gasteiger charge is 2.26. The molecule has 1 aliphatic rings. The van der Waals surface area contributed by atoms with E-state index in [1.165, 1.54) is 6.07 Å². The van der Waals surface area contributed by atoms with E-state index in [1.54, 1.807) is 37.4 Å². The molecule has 47 heavy (non-hydrogen) atoms. The van der Waals surface area contributed by atoms with Crippen molar-refractivity contribution in [3.8, 4) is 22.6 Å². The zero-order valence-electron chi connectivity index (χ0n) is 25.3. The molecule has 234 valence electrons. The molecule has 11 heteroatoms. The molecule has 2 N–H and O–H groups in total. The van der Waals surface area contributed by atoms with Crippen molar-refractivity contribution in [3.05, 3.63) is 126 Å². The van der Waals surface area contributed by atoms with Crippen LogP contribution in [0.4, 0.5) is 26.1 Å². The summed E-state index contributed by atoms with van der Waals surface area (Å²) >= 11 is 0. The van der Waals surface area contributed by atoms with Gasteiger partial charge >= 0.3 is 0 Å². The number of imidazole rings is 1. The van der Waals surface area contributed by atoms with E-state index in [0.29, 0.717) is 46.5 Å². The van der Waals surface area contributed by atoms with Crippen molar-refractivity contribution in [2.24, 2.45) is 0 Å². The van der Waals surface area contributed by atoms with Crippen molar-refractivity contribution in [1.82, 2.24) is 24.3 Å². The van der Waals surface area contributed by atoms with Gasteiger partial charge in [-0.05, 0) is 66.6 Å². The molecule has 6 aromatic rings.